The Bertz CT molecular complexity index is 320. The van der Waals surface area contributed by atoms with Crippen LogP contribution in [-0.4, -0.2) is 29.1 Å². The molecule has 0 N–H and O–H groups in total. The van der Waals surface area contributed by atoms with Gasteiger partial charge < -0.3 is 4.90 Å². The third-order valence-corrected chi connectivity index (χ3v) is 3.09. The molecule has 0 aromatic carbocycles. The highest BCUT2D eigenvalue weighted by Gasteiger charge is 2.37. The first-order valence-electron chi connectivity index (χ1n) is 6.32. The Labute approximate surface area is 103 Å². The van der Waals surface area contributed by atoms with Crippen molar-refractivity contribution < 1.29 is 9.18 Å². The van der Waals surface area contributed by atoms with Gasteiger partial charge in [-0.3, -0.25) is 4.79 Å². The van der Waals surface area contributed by atoms with E-state index in [4.69, 9.17) is 0 Å². The predicted molar refractivity (Wildman–Crippen MR) is 68.5 cm³/mol. The van der Waals surface area contributed by atoms with E-state index in [0.717, 1.165) is 12.8 Å². The van der Waals surface area contributed by atoms with E-state index in [1.54, 1.807) is 11.0 Å². The van der Waals surface area contributed by atoms with Crippen molar-refractivity contribution >= 4 is 5.91 Å². The van der Waals surface area contributed by atoms with Crippen LogP contribution >= 0.6 is 0 Å². The van der Waals surface area contributed by atoms with Crippen LogP contribution in [-0.2, 0) is 4.79 Å². The van der Waals surface area contributed by atoms with Crippen LogP contribution in [0.15, 0.2) is 24.3 Å². The second kappa shape index (κ2) is 5.99. The molecule has 1 heterocycles. The minimum absolute atomic E-state index is 0.0492. The lowest BCUT2D eigenvalue weighted by molar-refractivity contribution is -0.144. The molecule has 2 nitrogen and oxygen atoms in total. The van der Waals surface area contributed by atoms with Gasteiger partial charge in [0.25, 0.3) is 5.91 Å². The molecule has 0 bridgehead atoms. The summed E-state index contributed by atoms with van der Waals surface area (Å²) in [5.74, 6) is -0.394. The molecule has 1 aliphatic heterocycles. The number of halogens is 1. The summed E-state index contributed by atoms with van der Waals surface area (Å²) >= 11 is 0. The number of unbranched alkanes of at least 4 members (excludes halogenated alkanes) is 1. The van der Waals surface area contributed by atoms with Gasteiger partial charge in [0, 0.05) is 19.0 Å². The van der Waals surface area contributed by atoms with Gasteiger partial charge in [0.1, 0.15) is 0 Å². The number of amides is 1. The van der Waals surface area contributed by atoms with Crippen molar-refractivity contribution in [2.24, 2.45) is 0 Å². The zero-order chi connectivity index (χ0) is 12.9. The van der Waals surface area contributed by atoms with Crippen LogP contribution in [0.4, 0.5) is 4.39 Å². The highest BCUT2D eigenvalue weighted by atomic mass is 19.1. The number of allylic oxidation sites excluding steroid dienone is 3. The predicted octanol–water partition coefficient (Wildman–Crippen LogP) is 3.25. The molecule has 1 rings (SSSR count). The molecule has 0 spiro atoms. The number of nitrogens with zero attached hydrogens (tertiary/aromatic N) is 1. The summed E-state index contributed by atoms with van der Waals surface area (Å²) in [5.41, 5.74) is -1.79. The van der Waals surface area contributed by atoms with Crippen LogP contribution in [0.25, 0.3) is 0 Å². The van der Waals surface area contributed by atoms with Crippen molar-refractivity contribution in [2.45, 2.75) is 51.7 Å². The summed E-state index contributed by atoms with van der Waals surface area (Å²) in [5, 5.41) is 0. The zero-order valence-corrected chi connectivity index (χ0v) is 10.9. The lowest BCUT2D eigenvalue weighted by Gasteiger charge is -2.32. The Morgan fingerprint density at radius 2 is 2.24 bits per heavy atom. The number of alkyl halides is 1. The Morgan fingerprint density at radius 3 is 2.88 bits per heavy atom. The van der Waals surface area contributed by atoms with Crippen molar-refractivity contribution in [3.8, 4) is 0 Å². The maximum Gasteiger partial charge on any atom is 0.260 e. The van der Waals surface area contributed by atoms with Crippen molar-refractivity contribution in [3.05, 3.63) is 24.3 Å². The lowest BCUT2D eigenvalue weighted by Crippen LogP contribution is -2.48. The number of carbonyl (C=O) groups excluding carboxylic acids is 1. The highest BCUT2D eigenvalue weighted by Crippen LogP contribution is 2.23. The summed E-state index contributed by atoms with van der Waals surface area (Å²) in [7, 11) is 0. The Kier molecular flexibility index (Phi) is 4.91. The van der Waals surface area contributed by atoms with Gasteiger partial charge in [-0.15, -0.1) is 0 Å². The van der Waals surface area contributed by atoms with Crippen molar-refractivity contribution in [1.82, 2.24) is 4.90 Å². The second-order valence-corrected chi connectivity index (χ2v) is 4.81. The van der Waals surface area contributed by atoms with E-state index >= 15 is 0 Å². The second-order valence-electron chi connectivity index (χ2n) is 4.81. The van der Waals surface area contributed by atoms with E-state index in [9.17, 15) is 9.18 Å². The molecular formula is C14H22FNO. The number of hydrogen-bond acceptors (Lipinski definition) is 1. The average molecular weight is 239 g/mol. The topological polar surface area (TPSA) is 20.3 Å². The zero-order valence-electron chi connectivity index (χ0n) is 10.9. The van der Waals surface area contributed by atoms with Crippen molar-refractivity contribution in [2.75, 3.05) is 6.54 Å². The summed E-state index contributed by atoms with van der Waals surface area (Å²) in [6, 6.07) is -0.0492. The molecule has 0 fully saturated rings. The van der Waals surface area contributed by atoms with Crippen LogP contribution in [0, 0.1) is 0 Å². The summed E-state index contributed by atoms with van der Waals surface area (Å²) < 4.78 is 14.3. The molecule has 2 atom stereocenters. The molecule has 0 saturated carbocycles. The molecule has 1 amide bonds. The average Bonchev–Trinajstić information content (AvgIpc) is 2.31. The van der Waals surface area contributed by atoms with E-state index in [-0.39, 0.29) is 12.5 Å². The number of carbonyl (C=O) groups is 1. The van der Waals surface area contributed by atoms with Gasteiger partial charge in [-0.1, -0.05) is 37.6 Å². The van der Waals surface area contributed by atoms with E-state index in [0.29, 0.717) is 6.54 Å². The van der Waals surface area contributed by atoms with Gasteiger partial charge in [-0.05, 0) is 20.3 Å². The molecule has 0 aromatic heterocycles. The largest absolute Gasteiger partial charge is 0.334 e. The Morgan fingerprint density at radius 1 is 1.53 bits per heavy atom. The number of hydrogen-bond donors (Lipinski definition) is 0. The summed E-state index contributed by atoms with van der Waals surface area (Å²) in [6.07, 6.45) is 9.40. The first kappa shape index (κ1) is 13.9. The molecular weight excluding hydrogens is 217 g/mol. The Hall–Kier alpha value is -1.12. The molecule has 96 valence electrons. The van der Waals surface area contributed by atoms with E-state index in [1.807, 2.05) is 25.2 Å². The lowest BCUT2D eigenvalue weighted by atomic mass is 10.0. The van der Waals surface area contributed by atoms with Crippen molar-refractivity contribution in [1.29, 1.82) is 0 Å². The minimum Gasteiger partial charge on any atom is -0.334 e. The fourth-order valence-electron chi connectivity index (χ4n) is 1.90. The van der Waals surface area contributed by atoms with Crippen LogP contribution in [0.5, 0.6) is 0 Å². The highest BCUT2D eigenvalue weighted by molar-refractivity contribution is 5.85. The SMILES string of the molecule is CCCCN1C(=O)C(C)(F)C/C=C\C=C/C1C. The van der Waals surface area contributed by atoms with Crippen LogP contribution in [0.2, 0.25) is 0 Å². The quantitative estimate of drug-likeness (QED) is 0.740. The fraction of sp³-hybridized carbons (Fsp3) is 0.643. The van der Waals surface area contributed by atoms with Gasteiger partial charge in [0.15, 0.2) is 5.67 Å². The van der Waals surface area contributed by atoms with Gasteiger partial charge in [0.2, 0.25) is 0 Å². The normalized spacial score (nSPS) is 33.8. The molecule has 0 radical (unpaired) electrons. The Balaban J connectivity index is 2.91. The minimum atomic E-state index is -1.79. The molecule has 3 heteroatoms. The van der Waals surface area contributed by atoms with E-state index < -0.39 is 11.6 Å². The van der Waals surface area contributed by atoms with Crippen LogP contribution in [0.1, 0.15) is 40.0 Å². The monoisotopic (exact) mass is 239 g/mol. The fourth-order valence-corrected chi connectivity index (χ4v) is 1.90. The van der Waals surface area contributed by atoms with E-state index in [2.05, 4.69) is 6.92 Å². The number of rotatable bonds is 3. The third-order valence-electron chi connectivity index (χ3n) is 3.09. The first-order chi connectivity index (χ1) is 7.99. The van der Waals surface area contributed by atoms with Crippen LogP contribution in [0.3, 0.4) is 0 Å². The summed E-state index contributed by atoms with van der Waals surface area (Å²) in [4.78, 5) is 13.8. The molecule has 0 saturated heterocycles. The standard InChI is InChI=1S/C14H22FNO/c1-4-5-11-16-12(2)9-7-6-8-10-14(3,15)13(16)17/h6-9,12H,4-5,10-11H2,1-3H3/b8-6-,9-7-. The molecule has 1 aliphatic rings. The maximum absolute atomic E-state index is 14.3. The van der Waals surface area contributed by atoms with E-state index in [1.165, 1.54) is 6.92 Å². The summed E-state index contributed by atoms with van der Waals surface area (Å²) in [6.45, 7) is 5.99. The molecule has 2 unspecified atom stereocenters. The third kappa shape index (κ3) is 3.69. The molecule has 0 aromatic rings. The van der Waals surface area contributed by atoms with Gasteiger partial charge in [-0.2, -0.15) is 0 Å². The molecule has 0 aliphatic carbocycles. The maximum atomic E-state index is 14.3. The van der Waals surface area contributed by atoms with Gasteiger partial charge in [0.05, 0.1) is 0 Å². The van der Waals surface area contributed by atoms with Gasteiger partial charge in [-0.25, -0.2) is 4.39 Å². The van der Waals surface area contributed by atoms with Crippen molar-refractivity contribution in [3.63, 3.8) is 0 Å². The first-order valence-corrected chi connectivity index (χ1v) is 6.32. The van der Waals surface area contributed by atoms with Crippen LogP contribution < -0.4 is 0 Å². The van der Waals surface area contributed by atoms with Gasteiger partial charge >= 0.3 is 0 Å². The molecule has 17 heavy (non-hydrogen) atoms. The smallest absolute Gasteiger partial charge is 0.260 e.